The summed E-state index contributed by atoms with van der Waals surface area (Å²) in [7, 11) is 0. The fourth-order valence-corrected chi connectivity index (χ4v) is 1.07. The predicted molar refractivity (Wildman–Crippen MR) is 51.5 cm³/mol. The zero-order chi connectivity index (χ0) is 10.6. The topological polar surface area (TPSA) is 34.1 Å². The third-order valence-corrected chi connectivity index (χ3v) is 1.74. The SMILES string of the molecule is CC(=O)c1cc(C=CC=O)ccc1F. The van der Waals surface area contributed by atoms with Gasteiger partial charge in [0.1, 0.15) is 12.1 Å². The molecule has 1 aromatic carbocycles. The number of benzene rings is 1. The van der Waals surface area contributed by atoms with Crippen LogP contribution in [0.1, 0.15) is 22.8 Å². The number of aldehydes is 1. The maximum atomic E-state index is 13.0. The molecule has 14 heavy (non-hydrogen) atoms. The molecule has 0 saturated heterocycles. The molecule has 0 N–H and O–H groups in total. The summed E-state index contributed by atoms with van der Waals surface area (Å²) in [5.41, 5.74) is 0.668. The van der Waals surface area contributed by atoms with E-state index in [2.05, 4.69) is 0 Å². The van der Waals surface area contributed by atoms with E-state index in [0.29, 0.717) is 11.8 Å². The first kappa shape index (κ1) is 10.3. The molecule has 0 aliphatic carbocycles. The van der Waals surface area contributed by atoms with Gasteiger partial charge < -0.3 is 0 Å². The van der Waals surface area contributed by atoms with E-state index < -0.39 is 5.82 Å². The van der Waals surface area contributed by atoms with Crippen LogP contribution >= 0.6 is 0 Å². The fraction of sp³-hybridized carbons (Fsp3) is 0.0909. The second-order valence-corrected chi connectivity index (χ2v) is 2.79. The van der Waals surface area contributed by atoms with Gasteiger partial charge in [-0.25, -0.2) is 4.39 Å². The molecule has 72 valence electrons. The summed E-state index contributed by atoms with van der Waals surface area (Å²) in [5.74, 6) is -0.871. The molecule has 0 aliphatic heterocycles. The Kier molecular flexibility index (Phi) is 3.29. The number of halogens is 1. The Labute approximate surface area is 81.1 Å². The Hall–Kier alpha value is -1.77. The molecule has 0 saturated carbocycles. The molecular weight excluding hydrogens is 183 g/mol. The summed E-state index contributed by atoms with van der Waals surface area (Å²) in [6, 6.07) is 4.13. The molecule has 0 unspecified atom stereocenters. The Morgan fingerprint density at radius 3 is 2.71 bits per heavy atom. The van der Waals surface area contributed by atoms with Crippen LogP contribution in [-0.4, -0.2) is 12.1 Å². The minimum absolute atomic E-state index is 0.0399. The van der Waals surface area contributed by atoms with Crippen molar-refractivity contribution < 1.29 is 14.0 Å². The number of allylic oxidation sites excluding steroid dienone is 1. The molecule has 2 nitrogen and oxygen atoms in total. The highest BCUT2D eigenvalue weighted by Gasteiger charge is 2.06. The van der Waals surface area contributed by atoms with Gasteiger partial charge in [0, 0.05) is 0 Å². The number of hydrogen-bond acceptors (Lipinski definition) is 2. The quantitative estimate of drug-likeness (QED) is 0.418. The third-order valence-electron chi connectivity index (χ3n) is 1.74. The van der Waals surface area contributed by atoms with Gasteiger partial charge in [-0.15, -0.1) is 0 Å². The van der Waals surface area contributed by atoms with Crippen molar-refractivity contribution in [2.75, 3.05) is 0 Å². The standard InChI is InChI=1S/C11H9FO2/c1-8(14)10-7-9(3-2-6-13)4-5-11(10)12/h2-7H,1H3. The van der Waals surface area contributed by atoms with Gasteiger partial charge in [0.05, 0.1) is 5.56 Å². The van der Waals surface area contributed by atoms with Crippen molar-refractivity contribution in [3.05, 3.63) is 41.2 Å². The Morgan fingerprint density at radius 2 is 2.14 bits per heavy atom. The zero-order valence-corrected chi connectivity index (χ0v) is 7.66. The molecule has 0 atom stereocenters. The van der Waals surface area contributed by atoms with Crippen LogP contribution in [0, 0.1) is 5.82 Å². The lowest BCUT2D eigenvalue weighted by Gasteiger charge is -1.99. The molecule has 0 radical (unpaired) electrons. The van der Waals surface area contributed by atoms with Crippen LogP contribution < -0.4 is 0 Å². The van der Waals surface area contributed by atoms with Crippen LogP contribution in [0.25, 0.3) is 6.08 Å². The summed E-state index contributed by atoms with van der Waals surface area (Å²) in [4.78, 5) is 21.0. The number of ketones is 1. The molecule has 1 rings (SSSR count). The van der Waals surface area contributed by atoms with E-state index in [9.17, 15) is 14.0 Å². The largest absolute Gasteiger partial charge is 0.299 e. The van der Waals surface area contributed by atoms with Crippen molar-refractivity contribution in [1.29, 1.82) is 0 Å². The van der Waals surface area contributed by atoms with Crippen LogP contribution in [0.5, 0.6) is 0 Å². The van der Waals surface area contributed by atoms with Gasteiger partial charge in [-0.05, 0) is 30.7 Å². The van der Waals surface area contributed by atoms with Crippen molar-refractivity contribution >= 4 is 18.1 Å². The van der Waals surface area contributed by atoms with Crippen molar-refractivity contribution in [3.8, 4) is 0 Å². The summed E-state index contributed by atoms with van der Waals surface area (Å²) in [6.45, 7) is 1.30. The number of carbonyl (C=O) groups excluding carboxylic acids is 2. The van der Waals surface area contributed by atoms with Gasteiger partial charge in [0.25, 0.3) is 0 Å². The normalized spacial score (nSPS) is 10.4. The lowest BCUT2D eigenvalue weighted by molar-refractivity contribution is -0.104. The van der Waals surface area contributed by atoms with E-state index in [4.69, 9.17) is 0 Å². The molecule has 0 spiro atoms. The smallest absolute Gasteiger partial charge is 0.162 e. The fourth-order valence-electron chi connectivity index (χ4n) is 1.07. The van der Waals surface area contributed by atoms with Gasteiger partial charge in [0.15, 0.2) is 5.78 Å². The molecule has 0 amide bonds. The van der Waals surface area contributed by atoms with Crippen molar-refractivity contribution in [3.63, 3.8) is 0 Å². The molecule has 0 aliphatic rings. The van der Waals surface area contributed by atoms with Crippen LogP contribution in [0.15, 0.2) is 24.3 Å². The van der Waals surface area contributed by atoms with E-state index >= 15 is 0 Å². The van der Waals surface area contributed by atoms with E-state index in [-0.39, 0.29) is 11.3 Å². The van der Waals surface area contributed by atoms with Crippen LogP contribution in [0.2, 0.25) is 0 Å². The first-order valence-corrected chi connectivity index (χ1v) is 4.07. The number of Topliss-reactive ketones (excluding diaryl/α,β-unsaturated/α-hetero) is 1. The van der Waals surface area contributed by atoms with Crippen LogP contribution in [0.3, 0.4) is 0 Å². The minimum Gasteiger partial charge on any atom is -0.299 e. The highest BCUT2D eigenvalue weighted by Crippen LogP contribution is 2.12. The average molecular weight is 192 g/mol. The highest BCUT2D eigenvalue weighted by molar-refractivity contribution is 5.95. The number of rotatable bonds is 3. The Balaban J connectivity index is 3.12. The predicted octanol–water partition coefficient (Wildman–Crippen LogP) is 2.24. The molecule has 0 bridgehead atoms. The van der Waals surface area contributed by atoms with Gasteiger partial charge in [-0.1, -0.05) is 12.1 Å². The van der Waals surface area contributed by atoms with Crippen molar-refractivity contribution in [2.45, 2.75) is 6.92 Å². The van der Waals surface area contributed by atoms with E-state index in [1.807, 2.05) is 0 Å². The average Bonchev–Trinajstić information content (AvgIpc) is 2.16. The minimum atomic E-state index is -0.541. The Bertz CT molecular complexity index is 394. The second-order valence-electron chi connectivity index (χ2n) is 2.79. The van der Waals surface area contributed by atoms with Gasteiger partial charge >= 0.3 is 0 Å². The zero-order valence-electron chi connectivity index (χ0n) is 7.66. The highest BCUT2D eigenvalue weighted by atomic mass is 19.1. The molecule has 0 aromatic heterocycles. The first-order chi connectivity index (χ1) is 6.65. The molecular formula is C11H9FO2. The summed E-state index contributed by atoms with van der Waals surface area (Å²) < 4.78 is 13.0. The van der Waals surface area contributed by atoms with E-state index in [1.54, 1.807) is 0 Å². The van der Waals surface area contributed by atoms with E-state index in [1.165, 1.54) is 37.3 Å². The van der Waals surface area contributed by atoms with Gasteiger partial charge in [-0.2, -0.15) is 0 Å². The molecule has 0 heterocycles. The lowest BCUT2D eigenvalue weighted by atomic mass is 10.1. The number of carbonyl (C=O) groups is 2. The maximum Gasteiger partial charge on any atom is 0.162 e. The maximum absolute atomic E-state index is 13.0. The Morgan fingerprint density at radius 1 is 1.43 bits per heavy atom. The first-order valence-electron chi connectivity index (χ1n) is 4.07. The van der Waals surface area contributed by atoms with Crippen molar-refractivity contribution in [2.24, 2.45) is 0 Å². The second kappa shape index (κ2) is 4.46. The lowest BCUT2D eigenvalue weighted by Crippen LogP contribution is -1.96. The van der Waals surface area contributed by atoms with E-state index in [0.717, 1.165) is 0 Å². The van der Waals surface area contributed by atoms with Crippen molar-refractivity contribution in [1.82, 2.24) is 0 Å². The molecule has 1 aromatic rings. The van der Waals surface area contributed by atoms with Crippen LogP contribution in [0.4, 0.5) is 4.39 Å². The summed E-state index contributed by atoms with van der Waals surface area (Å²) >= 11 is 0. The van der Waals surface area contributed by atoms with Crippen LogP contribution in [-0.2, 0) is 4.79 Å². The number of hydrogen-bond donors (Lipinski definition) is 0. The summed E-state index contributed by atoms with van der Waals surface area (Å²) in [6.07, 6.45) is 3.42. The van der Waals surface area contributed by atoms with Gasteiger partial charge in [-0.3, -0.25) is 9.59 Å². The summed E-state index contributed by atoms with van der Waals surface area (Å²) in [5, 5.41) is 0. The third kappa shape index (κ3) is 2.36. The molecule has 3 heteroatoms. The molecule has 0 fully saturated rings. The van der Waals surface area contributed by atoms with Gasteiger partial charge in [0.2, 0.25) is 0 Å². The monoisotopic (exact) mass is 192 g/mol.